The first kappa shape index (κ1) is 13.2. The van der Waals surface area contributed by atoms with Crippen molar-refractivity contribution >= 4 is 22.3 Å². The number of pyridine rings is 1. The number of hydrogen-bond donors (Lipinski definition) is 1. The van der Waals surface area contributed by atoms with Crippen molar-refractivity contribution < 1.29 is 4.74 Å². The van der Waals surface area contributed by atoms with Crippen molar-refractivity contribution in [3.8, 4) is 0 Å². The number of nitrogens with two attached hydrogens (primary N) is 1. The van der Waals surface area contributed by atoms with Crippen LogP contribution in [0.1, 0.15) is 20.3 Å². The minimum absolute atomic E-state index is 0.238. The van der Waals surface area contributed by atoms with E-state index in [1.807, 2.05) is 18.2 Å². The molecule has 2 heterocycles. The molecule has 106 valence electrons. The number of morpholine rings is 1. The van der Waals surface area contributed by atoms with E-state index in [0.29, 0.717) is 6.04 Å². The molecule has 1 saturated heterocycles. The van der Waals surface area contributed by atoms with E-state index in [2.05, 4.69) is 29.8 Å². The number of rotatable bonds is 2. The van der Waals surface area contributed by atoms with Crippen LogP contribution in [0.15, 0.2) is 30.5 Å². The average molecular weight is 271 g/mol. The monoisotopic (exact) mass is 271 g/mol. The summed E-state index contributed by atoms with van der Waals surface area (Å²) < 4.78 is 5.77. The van der Waals surface area contributed by atoms with Gasteiger partial charge in [-0.15, -0.1) is 0 Å². The summed E-state index contributed by atoms with van der Waals surface area (Å²) in [4.78, 5) is 6.74. The molecule has 1 aromatic carbocycles. The standard InChI is InChI=1S/C16H21N3O/c1-3-12-10-20-11(2)9-19(12)15-7-6-14-13(16(15)17)5-4-8-18-14/h4-8,11-12H,3,9-10,17H2,1-2H3. The number of aromatic nitrogens is 1. The Bertz CT molecular complexity index is 614. The summed E-state index contributed by atoms with van der Waals surface area (Å²) >= 11 is 0. The van der Waals surface area contributed by atoms with E-state index >= 15 is 0 Å². The summed E-state index contributed by atoms with van der Waals surface area (Å²) in [5.74, 6) is 0. The number of nitrogens with zero attached hydrogens (tertiary/aromatic N) is 2. The van der Waals surface area contributed by atoms with Gasteiger partial charge in [0.05, 0.1) is 35.6 Å². The zero-order valence-corrected chi connectivity index (χ0v) is 12.0. The third-order valence-corrected chi connectivity index (χ3v) is 4.05. The summed E-state index contributed by atoms with van der Waals surface area (Å²) in [6, 6.07) is 8.50. The predicted molar refractivity (Wildman–Crippen MR) is 83.0 cm³/mol. The topological polar surface area (TPSA) is 51.4 Å². The lowest BCUT2D eigenvalue weighted by molar-refractivity contribution is 0.0300. The average Bonchev–Trinajstić information content (AvgIpc) is 2.48. The Hall–Kier alpha value is -1.81. The van der Waals surface area contributed by atoms with E-state index < -0.39 is 0 Å². The SMILES string of the molecule is CCC1COC(C)CN1c1ccc2ncccc2c1N. The zero-order valence-electron chi connectivity index (χ0n) is 12.0. The van der Waals surface area contributed by atoms with Crippen LogP contribution < -0.4 is 10.6 Å². The van der Waals surface area contributed by atoms with Crippen LogP contribution >= 0.6 is 0 Å². The molecule has 4 heteroatoms. The van der Waals surface area contributed by atoms with Crippen molar-refractivity contribution in [1.82, 2.24) is 4.98 Å². The molecule has 2 unspecified atom stereocenters. The Morgan fingerprint density at radius 1 is 1.40 bits per heavy atom. The van der Waals surface area contributed by atoms with E-state index in [0.717, 1.165) is 41.9 Å². The Labute approximate surface area is 119 Å². The third-order valence-electron chi connectivity index (χ3n) is 4.05. The minimum atomic E-state index is 0.238. The van der Waals surface area contributed by atoms with Crippen LogP contribution in [-0.4, -0.2) is 30.3 Å². The molecule has 2 atom stereocenters. The highest BCUT2D eigenvalue weighted by atomic mass is 16.5. The van der Waals surface area contributed by atoms with Gasteiger partial charge < -0.3 is 15.4 Å². The highest BCUT2D eigenvalue weighted by molar-refractivity contribution is 5.97. The van der Waals surface area contributed by atoms with Crippen molar-refractivity contribution in [2.75, 3.05) is 23.8 Å². The minimum Gasteiger partial charge on any atom is -0.396 e. The molecule has 0 aliphatic carbocycles. The first-order chi connectivity index (χ1) is 9.70. The van der Waals surface area contributed by atoms with Crippen LogP contribution in [0.5, 0.6) is 0 Å². The second kappa shape index (κ2) is 5.29. The van der Waals surface area contributed by atoms with Gasteiger partial charge in [-0.25, -0.2) is 0 Å². The molecule has 2 N–H and O–H groups in total. The number of nitrogen functional groups attached to an aromatic ring is 1. The van der Waals surface area contributed by atoms with Crippen molar-refractivity contribution in [1.29, 1.82) is 0 Å². The van der Waals surface area contributed by atoms with Gasteiger partial charge in [0.2, 0.25) is 0 Å². The highest BCUT2D eigenvalue weighted by Crippen LogP contribution is 2.33. The number of hydrogen-bond acceptors (Lipinski definition) is 4. The molecule has 0 amide bonds. The molecular weight excluding hydrogens is 250 g/mol. The molecule has 0 bridgehead atoms. The molecule has 3 rings (SSSR count). The zero-order chi connectivity index (χ0) is 14.1. The van der Waals surface area contributed by atoms with Crippen molar-refractivity contribution in [2.45, 2.75) is 32.4 Å². The molecule has 0 saturated carbocycles. The Morgan fingerprint density at radius 2 is 2.25 bits per heavy atom. The van der Waals surface area contributed by atoms with Gasteiger partial charge in [-0.2, -0.15) is 0 Å². The first-order valence-corrected chi connectivity index (χ1v) is 7.22. The van der Waals surface area contributed by atoms with Crippen LogP contribution in [0, 0.1) is 0 Å². The fraction of sp³-hybridized carbons (Fsp3) is 0.438. The Balaban J connectivity index is 2.06. The van der Waals surface area contributed by atoms with Crippen LogP contribution in [0.3, 0.4) is 0 Å². The summed E-state index contributed by atoms with van der Waals surface area (Å²) in [5.41, 5.74) is 9.26. The second-order valence-electron chi connectivity index (χ2n) is 5.43. The van der Waals surface area contributed by atoms with E-state index in [4.69, 9.17) is 10.5 Å². The van der Waals surface area contributed by atoms with Gasteiger partial charge in [-0.1, -0.05) is 6.92 Å². The van der Waals surface area contributed by atoms with Crippen molar-refractivity contribution in [3.05, 3.63) is 30.5 Å². The predicted octanol–water partition coefficient (Wildman–Crippen LogP) is 2.82. The number of ether oxygens (including phenoxy) is 1. The van der Waals surface area contributed by atoms with E-state index in [-0.39, 0.29) is 6.10 Å². The van der Waals surface area contributed by atoms with Crippen LogP contribution in [-0.2, 0) is 4.74 Å². The summed E-state index contributed by atoms with van der Waals surface area (Å²) in [6.07, 6.45) is 3.09. The van der Waals surface area contributed by atoms with Crippen LogP contribution in [0.2, 0.25) is 0 Å². The first-order valence-electron chi connectivity index (χ1n) is 7.22. The molecule has 1 aromatic heterocycles. The van der Waals surface area contributed by atoms with E-state index in [1.165, 1.54) is 0 Å². The third kappa shape index (κ3) is 2.20. The summed E-state index contributed by atoms with van der Waals surface area (Å²) in [5, 5.41) is 1.03. The van der Waals surface area contributed by atoms with Gasteiger partial charge in [0.1, 0.15) is 0 Å². The van der Waals surface area contributed by atoms with Gasteiger partial charge in [0, 0.05) is 18.1 Å². The maximum Gasteiger partial charge on any atom is 0.0724 e. The van der Waals surface area contributed by atoms with Crippen molar-refractivity contribution in [3.63, 3.8) is 0 Å². The molecular formula is C16H21N3O. The largest absolute Gasteiger partial charge is 0.396 e. The lowest BCUT2D eigenvalue weighted by atomic mass is 10.1. The normalized spacial score (nSPS) is 23.2. The van der Waals surface area contributed by atoms with Gasteiger partial charge >= 0.3 is 0 Å². The fourth-order valence-electron chi connectivity index (χ4n) is 2.89. The molecule has 0 spiro atoms. The molecule has 4 nitrogen and oxygen atoms in total. The quantitative estimate of drug-likeness (QED) is 0.853. The molecule has 1 fully saturated rings. The summed E-state index contributed by atoms with van der Waals surface area (Å²) in [6.45, 7) is 5.95. The van der Waals surface area contributed by atoms with E-state index in [1.54, 1.807) is 6.20 Å². The molecule has 20 heavy (non-hydrogen) atoms. The number of benzene rings is 1. The summed E-state index contributed by atoms with van der Waals surface area (Å²) in [7, 11) is 0. The molecule has 2 aromatic rings. The fourth-order valence-corrected chi connectivity index (χ4v) is 2.89. The Kier molecular flexibility index (Phi) is 3.49. The van der Waals surface area contributed by atoms with Crippen molar-refractivity contribution in [2.24, 2.45) is 0 Å². The van der Waals surface area contributed by atoms with Gasteiger partial charge in [-0.05, 0) is 37.6 Å². The molecule has 1 aliphatic heterocycles. The highest BCUT2D eigenvalue weighted by Gasteiger charge is 2.27. The maximum atomic E-state index is 6.39. The molecule has 0 radical (unpaired) electrons. The smallest absolute Gasteiger partial charge is 0.0724 e. The molecule has 1 aliphatic rings. The lowest BCUT2D eigenvalue weighted by Gasteiger charge is -2.40. The van der Waals surface area contributed by atoms with Crippen LogP contribution in [0.25, 0.3) is 10.9 Å². The van der Waals surface area contributed by atoms with Gasteiger partial charge in [0.25, 0.3) is 0 Å². The number of anilines is 2. The van der Waals surface area contributed by atoms with Crippen LogP contribution in [0.4, 0.5) is 11.4 Å². The maximum absolute atomic E-state index is 6.39. The van der Waals surface area contributed by atoms with E-state index in [9.17, 15) is 0 Å². The second-order valence-corrected chi connectivity index (χ2v) is 5.43. The number of fused-ring (bicyclic) bond motifs is 1. The van der Waals surface area contributed by atoms with Gasteiger partial charge in [-0.3, -0.25) is 4.98 Å². The Morgan fingerprint density at radius 3 is 3.05 bits per heavy atom. The van der Waals surface area contributed by atoms with Gasteiger partial charge in [0.15, 0.2) is 0 Å². The lowest BCUT2D eigenvalue weighted by Crippen LogP contribution is -2.48.